The second-order valence-electron chi connectivity index (χ2n) is 6.44. The Morgan fingerprint density at radius 1 is 1.36 bits per heavy atom. The second-order valence-corrected chi connectivity index (χ2v) is 7.22. The molecule has 1 aliphatic rings. The number of rotatable bonds is 6. The fourth-order valence-corrected chi connectivity index (χ4v) is 3.83. The molecular formula is C18H23FN4OS. The fourth-order valence-electron chi connectivity index (χ4n) is 3.12. The van der Waals surface area contributed by atoms with Crippen molar-refractivity contribution in [2.24, 2.45) is 5.92 Å². The van der Waals surface area contributed by atoms with E-state index in [1.54, 1.807) is 23.5 Å². The maximum atomic E-state index is 13.1. The monoisotopic (exact) mass is 362 g/mol. The molecule has 1 fully saturated rings. The normalized spacial score (nSPS) is 21.4. The third-order valence-corrected chi connectivity index (χ3v) is 5.27. The van der Waals surface area contributed by atoms with Crippen molar-refractivity contribution >= 4 is 17.2 Å². The summed E-state index contributed by atoms with van der Waals surface area (Å²) < 4.78 is 13.1. The minimum absolute atomic E-state index is 0.00564. The van der Waals surface area contributed by atoms with Crippen molar-refractivity contribution in [3.8, 4) is 0 Å². The lowest BCUT2D eigenvalue weighted by Gasteiger charge is -2.25. The van der Waals surface area contributed by atoms with Crippen molar-refractivity contribution < 1.29 is 9.18 Å². The number of hydrogen-bond donors (Lipinski definition) is 3. The lowest BCUT2D eigenvalue weighted by atomic mass is 9.94. The molecule has 3 atom stereocenters. The third kappa shape index (κ3) is 4.24. The van der Waals surface area contributed by atoms with E-state index in [1.807, 2.05) is 19.5 Å². The highest BCUT2D eigenvalue weighted by atomic mass is 32.1. The molecule has 0 aliphatic carbocycles. The molecule has 1 saturated heterocycles. The van der Waals surface area contributed by atoms with Gasteiger partial charge in [-0.3, -0.25) is 10.2 Å². The minimum Gasteiger partial charge on any atom is -0.354 e. The molecule has 3 rings (SSSR count). The first-order valence-corrected chi connectivity index (χ1v) is 9.20. The zero-order valence-corrected chi connectivity index (χ0v) is 15.1. The molecule has 134 valence electrons. The van der Waals surface area contributed by atoms with Crippen molar-refractivity contribution in [2.45, 2.75) is 12.1 Å². The van der Waals surface area contributed by atoms with Crippen molar-refractivity contribution in [2.75, 3.05) is 27.2 Å². The zero-order valence-electron chi connectivity index (χ0n) is 14.3. The molecule has 1 aliphatic heterocycles. The predicted molar refractivity (Wildman–Crippen MR) is 97.5 cm³/mol. The van der Waals surface area contributed by atoms with Crippen LogP contribution in [0.1, 0.15) is 23.2 Å². The number of benzene rings is 1. The van der Waals surface area contributed by atoms with Crippen LogP contribution in [0.4, 0.5) is 4.39 Å². The Hall–Kier alpha value is -1.80. The fraction of sp³-hybridized carbons (Fsp3) is 0.389. The highest BCUT2D eigenvalue weighted by Crippen LogP contribution is 2.26. The highest BCUT2D eigenvalue weighted by molar-refractivity contribution is 7.07. The van der Waals surface area contributed by atoms with E-state index in [1.165, 1.54) is 17.7 Å². The molecule has 3 N–H and O–H groups in total. The van der Waals surface area contributed by atoms with Crippen LogP contribution < -0.4 is 16.2 Å². The average molecular weight is 362 g/mol. The Morgan fingerprint density at radius 3 is 2.76 bits per heavy atom. The molecule has 5 nitrogen and oxygen atoms in total. The van der Waals surface area contributed by atoms with Gasteiger partial charge in [0.05, 0.1) is 18.0 Å². The first-order valence-electron chi connectivity index (χ1n) is 8.26. The molecule has 0 bridgehead atoms. The van der Waals surface area contributed by atoms with Crippen molar-refractivity contribution in [3.05, 3.63) is 58.0 Å². The Labute approximate surface area is 151 Å². The molecule has 2 aromatic rings. The number of carbonyl (C=O) groups is 1. The standard InChI is InChI=1S/C18H23FN4OS/c1-23(2)16(13-7-8-25-11-13)10-20-18(24)15-9-21-22-17(15)12-3-5-14(19)6-4-12/h3-8,11,15-17,21-22H,9-10H2,1-2H3,(H,20,24). The molecule has 2 heterocycles. The van der Waals surface area contributed by atoms with Gasteiger partial charge in [0.1, 0.15) is 5.82 Å². The Bertz CT molecular complexity index is 690. The number of hydrazine groups is 1. The van der Waals surface area contributed by atoms with Crippen molar-refractivity contribution in [1.29, 1.82) is 0 Å². The van der Waals surface area contributed by atoms with Gasteiger partial charge in [-0.15, -0.1) is 0 Å². The first kappa shape index (κ1) is 18.0. The molecular weight excluding hydrogens is 339 g/mol. The van der Waals surface area contributed by atoms with Gasteiger partial charge in [-0.25, -0.2) is 9.82 Å². The van der Waals surface area contributed by atoms with E-state index < -0.39 is 0 Å². The van der Waals surface area contributed by atoms with Gasteiger partial charge in [-0.05, 0) is 54.2 Å². The van der Waals surface area contributed by atoms with E-state index in [2.05, 4.69) is 32.5 Å². The maximum Gasteiger partial charge on any atom is 0.226 e. The summed E-state index contributed by atoms with van der Waals surface area (Å²) in [4.78, 5) is 14.8. The van der Waals surface area contributed by atoms with Crippen molar-refractivity contribution in [1.82, 2.24) is 21.1 Å². The number of amides is 1. The van der Waals surface area contributed by atoms with Crippen LogP contribution in [0.3, 0.4) is 0 Å². The predicted octanol–water partition coefficient (Wildman–Crippen LogP) is 2.07. The van der Waals surface area contributed by atoms with Crippen LogP contribution in [0.5, 0.6) is 0 Å². The lowest BCUT2D eigenvalue weighted by molar-refractivity contribution is -0.125. The number of nitrogens with zero attached hydrogens (tertiary/aromatic N) is 1. The molecule has 7 heteroatoms. The molecule has 25 heavy (non-hydrogen) atoms. The third-order valence-electron chi connectivity index (χ3n) is 4.57. The van der Waals surface area contributed by atoms with E-state index in [0.29, 0.717) is 13.1 Å². The van der Waals surface area contributed by atoms with Gasteiger partial charge in [0, 0.05) is 13.1 Å². The van der Waals surface area contributed by atoms with Crippen molar-refractivity contribution in [3.63, 3.8) is 0 Å². The number of carbonyl (C=O) groups excluding carboxylic acids is 1. The van der Waals surface area contributed by atoms with Gasteiger partial charge in [0.15, 0.2) is 0 Å². The summed E-state index contributed by atoms with van der Waals surface area (Å²) in [6, 6.07) is 8.33. The molecule has 0 radical (unpaired) electrons. The number of nitrogens with one attached hydrogen (secondary N) is 3. The van der Waals surface area contributed by atoms with Gasteiger partial charge in [-0.2, -0.15) is 11.3 Å². The quantitative estimate of drug-likeness (QED) is 0.736. The van der Waals surface area contributed by atoms with Gasteiger partial charge < -0.3 is 10.2 Å². The summed E-state index contributed by atoms with van der Waals surface area (Å²) in [5, 5.41) is 7.23. The number of hydrogen-bond acceptors (Lipinski definition) is 5. The van der Waals surface area contributed by atoms with E-state index in [9.17, 15) is 9.18 Å². The van der Waals surface area contributed by atoms with Gasteiger partial charge in [0.25, 0.3) is 0 Å². The lowest BCUT2D eigenvalue weighted by Crippen LogP contribution is -2.39. The molecule has 1 aromatic carbocycles. The minimum atomic E-state index is -0.278. The van der Waals surface area contributed by atoms with Gasteiger partial charge in [0.2, 0.25) is 5.91 Å². The summed E-state index contributed by atoms with van der Waals surface area (Å²) in [6.45, 7) is 1.09. The van der Waals surface area contributed by atoms with Gasteiger partial charge in [-0.1, -0.05) is 12.1 Å². The average Bonchev–Trinajstić information content (AvgIpc) is 3.27. The Kier molecular flexibility index (Phi) is 5.80. The Morgan fingerprint density at radius 2 is 2.12 bits per heavy atom. The van der Waals surface area contributed by atoms with E-state index in [0.717, 1.165) is 5.56 Å². The first-order chi connectivity index (χ1) is 12.1. The number of thiophene rings is 1. The zero-order chi connectivity index (χ0) is 17.8. The summed E-state index contributed by atoms with van der Waals surface area (Å²) in [5.41, 5.74) is 8.26. The molecule has 1 amide bonds. The number of halogens is 1. The molecule has 0 saturated carbocycles. The number of likely N-dealkylation sites (N-methyl/N-ethyl adjacent to an activating group) is 1. The van der Waals surface area contributed by atoms with Crippen LogP contribution in [0.2, 0.25) is 0 Å². The molecule has 0 spiro atoms. The molecule has 3 unspecified atom stereocenters. The summed E-state index contributed by atoms with van der Waals surface area (Å²) in [5.74, 6) is -0.523. The summed E-state index contributed by atoms with van der Waals surface area (Å²) in [7, 11) is 4.02. The SMILES string of the molecule is CN(C)C(CNC(=O)C1CNNC1c1ccc(F)cc1)c1ccsc1. The van der Waals surface area contributed by atoms with Crippen LogP contribution in [0.25, 0.3) is 0 Å². The van der Waals surface area contributed by atoms with Crippen LogP contribution in [0.15, 0.2) is 41.1 Å². The molecule has 1 aromatic heterocycles. The van der Waals surface area contributed by atoms with Crippen LogP contribution in [-0.2, 0) is 4.79 Å². The van der Waals surface area contributed by atoms with E-state index >= 15 is 0 Å². The van der Waals surface area contributed by atoms with Crippen LogP contribution in [0, 0.1) is 11.7 Å². The highest BCUT2D eigenvalue weighted by Gasteiger charge is 2.34. The van der Waals surface area contributed by atoms with Crippen LogP contribution >= 0.6 is 11.3 Å². The second kappa shape index (κ2) is 8.05. The summed E-state index contributed by atoms with van der Waals surface area (Å²) >= 11 is 1.65. The summed E-state index contributed by atoms with van der Waals surface area (Å²) in [6.07, 6.45) is 0. The topological polar surface area (TPSA) is 56.4 Å². The smallest absolute Gasteiger partial charge is 0.226 e. The van der Waals surface area contributed by atoms with Crippen LogP contribution in [-0.4, -0.2) is 38.0 Å². The maximum absolute atomic E-state index is 13.1. The van der Waals surface area contributed by atoms with E-state index in [4.69, 9.17) is 0 Å². The van der Waals surface area contributed by atoms with E-state index in [-0.39, 0.29) is 29.7 Å². The largest absolute Gasteiger partial charge is 0.354 e. The Balaban J connectivity index is 1.64. The van der Waals surface area contributed by atoms with Gasteiger partial charge >= 0.3 is 0 Å².